The van der Waals surface area contributed by atoms with Gasteiger partial charge in [-0.2, -0.15) is 0 Å². The van der Waals surface area contributed by atoms with E-state index in [2.05, 4.69) is 62.6 Å². The molecule has 0 aliphatic carbocycles. The average molecular weight is 371 g/mol. The minimum atomic E-state index is 0.124. The Balaban J connectivity index is 1.97. The quantitative estimate of drug-likeness (QED) is 0.650. The van der Waals surface area contributed by atoms with E-state index in [9.17, 15) is 0 Å². The highest BCUT2D eigenvalue weighted by atomic mass is 32.1. The molecule has 0 radical (unpaired) electrons. The summed E-state index contributed by atoms with van der Waals surface area (Å²) in [5, 5.41) is 7.17. The molecule has 0 heterocycles. The number of ether oxygens (including phenoxy) is 1. The van der Waals surface area contributed by atoms with Crippen LogP contribution in [-0.2, 0) is 5.41 Å². The van der Waals surface area contributed by atoms with Gasteiger partial charge in [0.25, 0.3) is 0 Å². The molecule has 0 saturated heterocycles. The molecule has 26 heavy (non-hydrogen) atoms. The summed E-state index contributed by atoms with van der Waals surface area (Å²) in [6.07, 6.45) is 0.145. The lowest BCUT2D eigenvalue weighted by Gasteiger charge is -2.21. The van der Waals surface area contributed by atoms with E-state index in [-0.39, 0.29) is 17.6 Å². The summed E-state index contributed by atoms with van der Waals surface area (Å²) < 4.78 is 5.72. The summed E-state index contributed by atoms with van der Waals surface area (Å²) in [5.74, 6) is 0.832. The smallest absolute Gasteiger partial charge is 0.171 e. The van der Waals surface area contributed by atoms with Crippen LogP contribution in [0.15, 0.2) is 48.5 Å². The first kappa shape index (κ1) is 20.2. The van der Waals surface area contributed by atoms with Crippen molar-refractivity contribution in [3.63, 3.8) is 0 Å². The van der Waals surface area contributed by atoms with Crippen molar-refractivity contribution in [2.75, 3.05) is 5.32 Å². The molecule has 1 unspecified atom stereocenters. The molecule has 0 saturated carbocycles. The van der Waals surface area contributed by atoms with Crippen molar-refractivity contribution in [2.24, 2.45) is 0 Å². The first-order chi connectivity index (χ1) is 12.1. The Bertz CT molecular complexity index is 733. The second-order valence-corrected chi connectivity index (χ2v) is 8.29. The molecule has 4 heteroatoms. The maximum Gasteiger partial charge on any atom is 0.171 e. The maximum absolute atomic E-state index is 5.72. The van der Waals surface area contributed by atoms with Crippen LogP contribution in [0.1, 0.15) is 58.7 Å². The van der Waals surface area contributed by atoms with Crippen molar-refractivity contribution in [1.29, 1.82) is 0 Å². The number of hydrogen-bond donors (Lipinski definition) is 2. The molecular formula is C22H30N2OS. The summed E-state index contributed by atoms with van der Waals surface area (Å²) in [6.45, 7) is 12.8. The number of thiocarbonyl (C=S) groups is 1. The van der Waals surface area contributed by atoms with E-state index in [4.69, 9.17) is 17.0 Å². The van der Waals surface area contributed by atoms with Crippen LogP contribution in [0, 0.1) is 0 Å². The van der Waals surface area contributed by atoms with Crippen molar-refractivity contribution in [1.82, 2.24) is 5.32 Å². The second-order valence-electron chi connectivity index (χ2n) is 7.89. The Kier molecular flexibility index (Phi) is 6.65. The van der Waals surface area contributed by atoms with Crippen LogP contribution in [0.2, 0.25) is 0 Å². The number of rotatable bonds is 5. The van der Waals surface area contributed by atoms with E-state index in [0.717, 1.165) is 11.4 Å². The van der Waals surface area contributed by atoms with Crippen molar-refractivity contribution in [3.8, 4) is 5.75 Å². The Labute approximate surface area is 163 Å². The molecule has 0 aliphatic heterocycles. The zero-order valence-electron chi connectivity index (χ0n) is 16.6. The molecular weight excluding hydrogens is 340 g/mol. The number of nitrogens with one attached hydrogen (secondary N) is 2. The fourth-order valence-electron chi connectivity index (χ4n) is 2.64. The standard InChI is InChI=1S/C22H30N2OS/c1-15(2)25-20-9-7-8-19(14-20)24-21(26)23-16(3)17-10-12-18(13-11-17)22(4,5)6/h7-16H,1-6H3,(H2,23,24,26). The van der Waals surface area contributed by atoms with Gasteiger partial charge in [-0.05, 0) is 61.7 Å². The Hall–Kier alpha value is -2.07. The normalized spacial score (nSPS) is 12.6. The molecule has 0 aliphatic rings. The molecule has 0 fully saturated rings. The molecule has 0 amide bonds. The third kappa shape index (κ3) is 6.03. The highest BCUT2D eigenvalue weighted by molar-refractivity contribution is 7.80. The van der Waals surface area contributed by atoms with Gasteiger partial charge < -0.3 is 15.4 Å². The van der Waals surface area contributed by atoms with Crippen LogP contribution in [0.4, 0.5) is 5.69 Å². The van der Waals surface area contributed by atoms with Crippen molar-refractivity contribution in [3.05, 3.63) is 59.7 Å². The molecule has 140 valence electrons. The first-order valence-electron chi connectivity index (χ1n) is 9.10. The van der Waals surface area contributed by atoms with Crippen LogP contribution >= 0.6 is 12.2 Å². The lowest BCUT2D eigenvalue weighted by Crippen LogP contribution is -2.31. The van der Waals surface area contributed by atoms with Crippen LogP contribution in [-0.4, -0.2) is 11.2 Å². The molecule has 0 bridgehead atoms. The van der Waals surface area contributed by atoms with Gasteiger partial charge in [-0.15, -0.1) is 0 Å². The fraction of sp³-hybridized carbons (Fsp3) is 0.409. The van der Waals surface area contributed by atoms with Gasteiger partial charge in [0.05, 0.1) is 12.1 Å². The van der Waals surface area contributed by atoms with E-state index in [1.54, 1.807) is 0 Å². The van der Waals surface area contributed by atoms with E-state index in [1.807, 2.05) is 38.1 Å². The summed E-state index contributed by atoms with van der Waals surface area (Å²) >= 11 is 5.47. The molecule has 2 aromatic carbocycles. The monoisotopic (exact) mass is 370 g/mol. The lowest BCUT2D eigenvalue weighted by atomic mass is 9.86. The van der Waals surface area contributed by atoms with Gasteiger partial charge in [-0.25, -0.2) is 0 Å². The summed E-state index contributed by atoms with van der Waals surface area (Å²) in [5.41, 5.74) is 3.61. The Morgan fingerprint density at radius 3 is 2.23 bits per heavy atom. The lowest BCUT2D eigenvalue weighted by molar-refractivity contribution is 0.242. The van der Waals surface area contributed by atoms with Gasteiger partial charge in [-0.1, -0.05) is 51.1 Å². The summed E-state index contributed by atoms with van der Waals surface area (Å²) in [6, 6.07) is 16.7. The molecule has 2 N–H and O–H groups in total. The van der Waals surface area contributed by atoms with Crippen molar-refractivity contribution >= 4 is 23.0 Å². The summed E-state index contributed by atoms with van der Waals surface area (Å²) in [4.78, 5) is 0. The Morgan fingerprint density at radius 2 is 1.65 bits per heavy atom. The van der Waals surface area contributed by atoms with Crippen molar-refractivity contribution in [2.45, 2.75) is 59.1 Å². The van der Waals surface area contributed by atoms with Crippen LogP contribution in [0.3, 0.4) is 0 Å². The molecule has 2 rings (SSSR count). The van der Waals surface area contributed by atoms with Crippen LogP contribution < -0.4 is 15.4 Å². The zero-order valence-corrected chi connectivity index (χ0v) is 17.4. The maximum atomic E-state index is 5.72. The molecule has 0 aromatic heterocycles. The van der Waals surface area contributed by atoms with Gasteiger partial charge in [0.15, 0.2) is 5.11 Å². The van der Waals surface area contributed by atoms with Crippen LogP contribution in [0.5, 0.6) is 5.75 Å². The van der Waals surface area contributed by atoms with Gasteiger partial charge in [0, 0.05) is 11.8 Å². The van der Waals surface area contributed by atoms with E-state index in [1.165, 1.54) is 11.1 Å². The average Bonchev–Trinajstić information content (AvgIpc) is 2.53. The summed E-state index contributed by atoms with van der Waals surface area (Å²) in [7, 11) is 0. The van der Waals surface area contributed by atoms with Gasteiger partial charge in [-0.3, -0.25) is 0 Å². The molecule has 0 spiro atoms. The second kappa shape index (κ2) is 8.54. The third-order valence-corrected chi connectivity index (χ3v) is 4.31. The largest absolute Gasteiger partial charge is 0.491 e. The van der Waals surface area contributed by atoms with Crippen LogP contribution in [0.25, 0.3) is 0 Å². The zero-order chi connectivity index (χ0) is 19.3. The van der Waals surface area contributed by atoms with E-state index >= 15 is 0 Å². The van der Waals surface area contributed by atoms with Gasteiger partial charge in [0.2, 0.25) is 0 Å². The molecule has 2 aromatic rings. The number of benzene rings is 2. The third-order valence-electron chi connectivity index (χ3n) is 4.09. The van der Waals surface area contributed by atoms with E-state index < -0.39 is 0 Å². The minimum absolute atomic E-state index is 0.124. The first-order valence-corrected chi connectivity index (χ1v) is 9.50. The molecule has 1 atom stereocenters. The number of hydrogen-bond acceptors (Lipinski definition) is 2. The topological polar surface area (TPSA) is 33.3 Å². The predicted molar refractivity (Wildman–Crippen MR) is 115 cm³/mol. The molecule has 3 nitrogen and oxygen atoms in total. The fourth-order valence-corrected chi connectivity index (χ4v) is 2.93. The van der Waals surface area contributed by atoms with Crippen molar-refractivity contribution < 1.29 is 4.74 Å². The highest BCUT2D eigenvalue weighted by Crippen LogP contribution is 2.24. The van der Waals surface area contributed by atoms with E-state index in [0.29, 0.717) is 5.11 Å². The van der Waals surface area contributed by atoms with Gasteiger partial charge in [0.1, 0.15) is 5.75 Å². The Morgan fingerprint density at radius 1 is 1.00 bits per heavy atom. The SMILES string of the molecule is CC(C)Oc1cccc(NC(=S)NC(C)c2ccc(C(C)(C)C)cc2)c1. The predicted octanol–water partition coefficient (Wildman–Crippen LogP) is 5.82. The van der Waals surface area contributed by atoms with Gasteiger partial charge >= 0.3 is 0 Å². The number of anilines is 1. The highest BCUT2D eigenvalue weighted by Gasteiger charge is 2.14. The minimum Gasteiger partial charge on any atom is -0.491 e.